The topological polar surface area (TPSA) is 137 Å². The van der Waals surface area contributed by atoms with E-state index in [1.807, 2.05) is 12.1 Å². The van der Waals surface area contributed by atoms with E-state index in [2.05, 4.69) is 12.8 Å². The van der Waals surface area contributed by atoms with Crippen molar-refractivity contribution in [1.82, 2.24) is 0 Å². The first-order valence-corrected chi connectivity index (χ1v) is 12.0. The molecule has 3 fully saturated rings. The summed E-state index contributed by atoms with van der Waals surface area (Å²) < 4.78 is 11.7. The summed E-state index contributed by atoms with van der Waals surface area (Å²) in [5, 5.41) is 50.1. The number of hydrogen-bond acceptors (Lipinski definition) is 7. The number of phenols is 1. The highest BCUT2D eigenvalue weighted by Gasteiger charge is 2.64. The molecule has 184 valence electrons. The van der Waals surface area contributed by atoms with Crippen molar-refractivity contribution in [2.45, 2.75) is 87.7 Å². The van der Waals surface area contributed by atoms with Gasteiger partial charge in [0.2, 0.25) is 0 Å². The third-order valence-electron chi connectivity index (χ3n) is 9.19. The lowest BCUT2D eigenvalue weighted by Gasteiger charge is -2.54. The van der Waals surface area contributed by atoms with Gasteiger partial charge < -0.3 is 35.0 Å². The van der Waals surface area contributed by atoms with E-state index in [4.69, 9.17) is 15.9 Å². The number of fused-ring (bicyclic) bond motifs is 5. The van der Waals surface area contributed by atoms with Gasteiger partial charge in [-0.3, -0.25) is 0 Å². The largest absolute Gasteiger partial charge is 0.508 e. The van der Waals surface area contributed by atoms with Crippen LogP contribution < -0.4 is 0 Å². The molecule has 0 aromatic heterocycles. The smallest absolute Gasteiger partial charge is 0.335 e. The standard InChI is InChI=1S/C26H32O8/c1-3-26(34-24-21(30)19(28)20(29)22(33-24)23(31)32)11-9-18-17-6-4-13-12-14(27)5-7-15(13)16(17)8-10-25(18,26)2/h1,5,7,12,16-22,24,27-30H,4,6,8-11H2,2H3,(H,31,32)/t16-,17-,18-,19+,20+,21-,22+,24+,25+,26+/m1/s1. The number of terminal acetylenes is 1. The SMILES string of the molecule is C#C[C@]1(O[C@@H]2O[C@H](C(=O)O)[C@@H](O)[C@H](O)[C@H]2O)CC[C@@H]2[C@@H]3CCc4cc(O)ccc4[C@H]3CC[C@@]21C. The van der Waals surface area contributed by atoms with Gasteiger partial charge in [0.1, 0.15) is 29.7 Å². The summed E-state index contributed by atoms with van der Waals surface area (Å²) in [5.41, 5.74) is 0.963. The highest BCUT2D eigenvalue weighted by atomic mass is 16.7. The first-order chi connectivity index (χ1) is 16.1. The molecule has 8 heteroatoms. The quantitative estimate of drug-likeness (QED) is 0.418. The highest BCUT2D eigenvalue weighted by Crippen LogP contribution is 2.65. The molecular weight excluding hydrogens is 440 g/mol. The average Bonchev–Trinajstić information content (AvgIpc) is 3.11. The molecular formula is C26H32O8. The Bertz CT molecular complexity index is 1020. The van der Waals surface area contributed by atoms with Gasteiger partial charge in [0, 0.05) is 5.41 Å². The fourth-order valence-electron chi connectivity index (χ4n) is 7.38. The van der Waals surface area contributed by atoms with Gasteiger partial charge in [-0.25, -0.2) is 4.79 Å². The van der Waals surface area contributed by atoms with Gasteiger partial charge in [0.05, 0.1) is 0 Å². The van der Waals surface area contributed by atoms with Crippen LogP contribution in [0.3, 0.4) is 0 Å². The molecule has 0 spiro atoms. The molecule has 1 heterocycles. The molecule has 0 radical (unpaired) electrons. The van der Waals surface area contributed by atoms with Gasteiger partial charge in [-0.2, -0.15) is 0 Å². The Morgan fingerprint density at radius 1 is 1.15 bits per heavy atom. The van der Waals surface area contributed by atoms with Crippen LogP contribution in [-0.4, -0.2) is 67.8 Å². The maximum Gasteiger partial charge on any atom is 0.335 e. The minimum absolute atomic E-state index is 0.260. The number of aromatic hydroxyl groups is 1. The number of aliphatic carboxylic acids is 1. The number of phenolic OH excluding ortho intramolecular Hbond substituents is 1. The summed E-state index contributed by atoms with van der Waals surface area (Å²) in [7, 11) is 0. The van der Waals surface area contributed by atoms with Crippen molar-refractivity contribution in [1.29, 1.82) is 0 Å². The lowest BCUT2D eigenvalue weighted by molar-refractivity contribution is -0.324. The second kappa shape index (κ2) is 8.21. The van der Waals surface area contributed by atoms with Gasteiger partial charge in [-0.1, -0.05) is 18.9 Å². The first kappa shape index (κ1) is 23.6. The van der Waals surface area contributed by atoms with Gasteiger partial charge in [0.15, 0.2) is 12.4 Å². The van der Waals surface area contributed by atoms with Crippen molar-refractivity contribution >= 4 is 5.97 Å². The van der Waals surface area contributed by atoms with E-state index in [0.717, 1.165) is 32.1 Å². The summed E-state index contributed by atoms with van der Waals surface area (Å²) in [6.45, 7) is 2.11. The van der Waals surface area contributed by atoms with Gasteiger partial charge in [-0.15, -0.1) is 6.42 Å². The Morgan fingerprint density at radius 3 is 2.62 bits per heavy atom. The van der Waals surface area contributed by atoms with Crippen molar-refractivity contribution < 1.29 is 39.8 Å². The number of hydrogen-bond donors (Lipinski definition) is 5. The zero-order valence-corrected chi connectivity index (χ0v) is 19.1. The Morgan fingerprint density at radius 2 is 1.91 bits per heavy atom. The van der Waals surface area contributed by atoms with Crippen LogP contribution in [0, 0.1) is 29.6 Å². The Labute approximate surface area is 198 Å². The summed E-state index contributed by atoms with van der Waals surface area (Å²) in [4.78, 5) is 11.5. The molecule has 1 aromatic rings. The maximum absolute atomic E-state index is 11.5. The molecule has 1 aliphatic heterocycles. The molecule has 3 aliphatic carbocycles. The molecule has 0 bridgehead atoms. The van der Waals surface area contributed by atoms with Crippen LogP contribution in [0.1, 0.15) is 56.1 Å². The second-order valence-electron chi connectivity index (χ2n) is 10.6. The molecule has 1 saturated heterocycles. The van der Waals surface area contributed by atoms with Crippen LogP contribution in [-0.2, 0) is 20.7 Å². The second-order valence-corrected chi connectivity index (χ2v) is 10.6. The van der Waals surface area contributed by atoms with Crippen molar-refractivity contribution in [2.75, 3.05) is 0 Å². The number of rotatable bonds is 3. The number of carboxylic acids is 1. The lowest BCUT2D eigenvalue weighted by Crippen LogP contribution is -2.63. The van der Waals surface area contributed by atoms with Crippen LogP contribution in [0.15, 0.2) is 18.2 Å². The minimum atomic E-state index is -1.78. The normalized spacial score (nSPS) is 45.5. The number of aliphatic hydroxyl groups is 3. The van der Waals surface area contributed by atoms with Crippen LogP contribution in [0.5, 0.6) is 5.75 Å². The number of benzene rings is 1. The average molecular weight is 473 g/mol. The molecule has 5 rings (SSSR count). The number of carboxylic acid groups (broad SMARTS) is 1. The minimum Gasteiger partial charge on any atom is -0.508 e. The molecule has 0 unspecified atom stereocenters. The zero-order chi connectivity index (χ0) is 24.4. The van der Waals surface area contributed by atoms with Crippen molar-refractivity contribution in [3.8, 4) is 18.1 Å². The van der Waals surface area contributed by atoms with Gasteiger partial charge in [0.25, 0.3) is 0 Å². The molecule has 2 saturated carbocycles. The number of aliphatic hydroxyl groups excluding tert-OH is 3. The van der Waals surface area contributed by atoms with E-state index in [1.54, 1.807) is 6.07 Å². The predicted octanol–water partition coefficient (Wildman–Crippen LogP) is 1.53. The van der Waals surface area contributed by atoms with Crippen LogP contribution in [0.25, 0.3) is 0 Å². The zero-order valence-electron chi connectivity index (χ0n) is 19.1. The fraction of sp³-hybridized carbons (Fsp3) is 0.654. The molecule has 34 heavy (non-hydrogen) atoms. The third-order valence-corrected chi connectivity index (χ3v) is 9.19. The third kappa shape index (κ3) is 3.29. The van der Waals surface area contributed by atoms with E-state index < -0.39 is 47.7 Å². The van der Waals surface area contributed by atoms with Gasteiger partial charge in [-0.05, 0) is 79.5 Å². The molecule has 0 amide bonds. The lowest BCUT2D eigenvalue weighted by atomic mass is 9.53. The summed E-state index contributed by atoms with van der Waals surface area (Å²) in [6, 6.07) is 5.65. The highest BCUT2D eigenvalue weighted by molar-refractivity contribution is 5.73. The van der Waals surface area contributed by atoms with Crippen molar-refractivity contribution in [2.24, 2.45) is 17.3 Å². The van der Waals surface area contributed by atoms with Crippen LogP contribution in [0.2, 0.25) is 0 Å². The van der Waals surface area contributed by atoms with Crippen molar-refractivity contribution in [3.63, 3.8) is 0 Å². The van der Waals surface area contributed by atoms with E-state index in [9.17, 15) is 30.3 Å². The number of carbonyl (C=O) groups is 1. The fourth-order valence-corrected chi connectivity index (χ4v) is 7.38. The van der Waals surface area contributed by atoms with Crippen LogP contribution >= 0.6 is 0 Å². The van der Waals surface area contributed by atoms with Gasteiger partial charge >= 0.3 is 5.97 Å². The Kier molecular flexibility index (Phi) is 5.70. The Balaban J connectivity index is 1.42. The Hall–Kier alpha value is -2.15. The molecule has 4 aliphatic rings. The van der Waals surface area contributed by atoms with Crippen molar-refractivity contribution in [3.05, 3.63) is 29.3 Å². The van der Waals surface area contributed by atoms with E-state index in [0.29, 0.717) is 18.3 Å². The predicted molar refractivity (Wildman–Crippen MR) is 120 cm³/mol. The number of aryl methyl sites for hydroxylation is 1. The molecule has 1 aromatic carbocycles. The molecule has 5 N–H and O–H groups in total. The number of ether oxygens (including phenoxy) is 2. The summed E-state index contributed by atoms with van der Waals surface area (Å²) >= 11 is 0. The van der Waals surface area contributed by atoms with E-state index in [1.165, 1.54) is 11.1 Å². The summed E-state index contributed by atoms with van der Waals surface area (Å²) in [5.74, 6) is 2.70. The summed E-state index contributed by atoms with van der Waals surface area (Å²) in [6.07, 6.45) is 2.62. The maximum atomic E-state index is 11.5. The van der Waals surface area contributed by atoms with E-state index in [-0.39, 0.29) is 11.7 Å². The van der Waals surface area contributed by atoms with Crippen LogP contribution in [0.4, 0.5) is 0 Å². The van der Waals surface area contributed by atoms with E-state index >= 15 is 0 Å². The molecule has 10 atom stereocenters. The molecule has 8 nitrogen and oxygen atoms in total. The first-order valence-electron chi connectivity index (χ1n) is 12.0. The monoisotopic (exact) mass is 472 g/mol.